The monoisotopic (exact) mass is 241 g/mol. The van der Waals surface area contributed by atoms with Gasteiger partial charge in [0.25, 0.3) is 0 Å². The van der Waals surface area contributed by atoms with Crippen molar-refractivity contribution in [2.24, 2.45) is 0 Å². The number of benzene rings is 2. The van der Waals surface area contributed by atoms with E-state index in [1.807, 2.05) is 30.3 Å². The van der Waals surface area contributed by atoms with Crippen molar-refractivity contribution < 1.29 is 5.11 Å². The van der Waals surface area contributed by atoms with Crippen molar-refractivity contribution in [3.8, 4) is 0 Å². The van der Waals surface area contributed by atoms with Gasteiger partial charge in [0.1, 0.15) is 0 Å². The Bertz CT molecular complexity index is 481. The fourth-order valence-electron chi connectivity index (χ4n) is 2.08. The number of nitrogens with one attached hydrogen (secondary N) is 1. The number of aliphatic hydroxyl groups is 1. The maximum absolute atomic E-state index is 9.28. The average molecular weight is 241 g/mol. The number of rotatable bonds is 5. The van der Waals surface area contributed by atoms with Crippen LogP contribution in [0.2, 0.25) is 0 Å². The molecule has 1 atom stereocenters. The van der Waals surface area contributed by atoms with E-state index in [1.54, 1.807) is 0 Å². The molecule has 0 fully saturated rings. The van der Waals surface area contributed by atoms with Crippen LogP contribution in [0, 0.1) is 0 Å². The molecule has 0 aromatic heterocycles. The number of hydrogen-bond donors (Lipinski definition) is 2. The van der Waals surface area contributed by atoms with Gasteiger partial charge in [0.05, 0.1) is 6.61 Å². The Morgan fingerprint density at radius 2 is 1.67 bits per heavy atom. The molecule has 0 amide bonds. The molecule has 0 bridgehead atoms. The van der Waals surface area contributed by atoms with E-state index in [2.05, 4.69) is 36.5 Å². The summed E-state index contributed by atoms with van der Waals surface area (Å²) >= 11 is 0. The highest BCUT2D eigenvalue weighted by Crippen LogP contribution is 2.17. The van der Waals surface area contributed by atoms with Gasteiger partial charge in [0.15, 0.2) is 0 Å². The molecule has 0 spiro atoms. The summed E-state index contributed by atoms with van der Waals surface area (Å²) in [5, 5.41) is 12.7. The largest absolute Gasteiger partial charge is 0.392 e. The van der Waals surface area contributed by atoms with Crippen LogP contribution in [0.25, 0.3) is 0 Å². The molecule has 0 aliphatic carbocycles. The number of aliphatic hydroxyl groups excluding tert-OH is 1. The molecule has 0 aliphatic heterocycles. The Hall–Kier alpha value is -1.80. The van der Waals surface area contributed by atoms with E-state index in [4.69, 9.17) is 0 Å². The highest BCUT2D eigenvalue weighted by molar-refractivity contribution is 5.51. The van der Waals surface area contributed by atoms with Gasteiger partial charge < -0.3 is 10.4 Å². The van der Waals surface area contributed by atoms with Gasteiger partial charge in [-0.1, -0.05) is 48.5 Å². The summed E-state index contributed by atoms with van der Waals surface area (Å²) in [6, 6.07) is 18.6. The van der Waals surface area contributed by atoms with E-state index in [9.17, 15) is 5.11 Å². The summed E-state index contributed by atoms with van der Waals surface area (Å²) in [7, 11) is 0. The first kappa shape index (κ1) is 12.7. The van der Waals surface area contributed by atoms with E-state index in [0.717, 1.165) is 17.7 Å². The molecule has 0 saturated carbocycles. The Balaban J connectivity index is 2.01. The van der Waals surface area contributed by atoms with Crippen LogP contribution in [0.3, 0.4) is 0 Å². The maximum Gasteiger partial charge on any atom is 0.0701 e. The lowest BCUT2D eigenvalue weighted by Gasteiger charge is -2.17. The molecule has 0 radical (unpaired) electrons. The van der Waals surface area contributed by atoms with Crippen LogP contribution >= 0.6 is 0 Å². The molecule has 2 heteroatoms. The Morgan fingerprint density at radius 3 is 2.39 bits per heavy atom. The van der Waals surface area contributed by atoms with Gasteiger partial charge >= 0.3 is 0 Å². The second-order valence-electron chi connectivity index (χ2n) is 4.55. The molecule has 0 aliphatic rings. The van der Waals surface area contributed by atoms with Gasteiger partial charge in [0, 0.05) is 17.3 Å². The molecule has 2 rings (SSSR count). The zero-order valence-electron chi connectivity index (χ0n) is 10.6. The third-order valence-electron chi connectivity index (χ3n) is 2.97. The summed E-state index contributed by atoms with van der Waals surface area (Å²) in [5.41, 5.74) is 3.28. The third-order valence-corrected chi connectivity index (χ3v) is 2.97. The summed E-state index contributed by atoms with van der Waals surface area (Å²) in [6.45, 7) is 2.22. The van der Waals surface area contributed by atoms with E-state index < -0.39 is 0 Å². The predicted octanol–water partition coefficient (Wildman–Crippen LogP) is 3.22. The summed E-state index contributed by atoms with van der Waals surface area (Å²) < 4.78 is 0. The van der Waals surface area contributed by atoms with Gasteiger partial charge in [-0.2, -0.15) is 0 Å². The Morgan fingerprint density at radius 1 is 1.00 bits per heavy atom. The fourth-order valence-corrected chi connectivity index (χ4v) is 2.08. The van der Waals surface area contributed by atoms with Crippen molar-refractivity contribution in [2.75, 3.05) is 5.32 Å². The quantitative estimate of drug-likeness (QED) is 0.842. The second-order valence-corrected chi connectivity index (χ2v) is 4.55. The van der Waals surface area contributed by atoms with E-state index in [0.29, 0.717) is 6.04 Å². The third kappa shape index (κ3) is 3.34. The molecule has 2 aromatic carbocycles. The fraction of sp³-hybridized carbons (Fsp3) is 0.250. The standard InChI is InChI=1S/C16H19NO/c1-13(11-14-7-3-2-4-8-14)17-16-10-6-5-9-15(16)12-18/h2-10,13,17-18H,11-12H2,1H3. The van der Waals surface area contributed by atoms with Crippen LogP contribution in [0.1, 0.15) is 18.1 Å². The van der Waals surface area contributed by atoms with Crippen LogP contribution in [0.4, 0.5) is 5.69 Å². The summed E-state index contributed by atoms with van der Waals surface area (Å²) in [4.78, 5) is 0. The zero-order chi connectivity index (χ0) is 12.8. The second kappa shape index (κ2) is 6.22. The van der Waals surface area contributed by atoms with E-state index in [1.165, 1.54) is 5.56 Å². The van der Waals surface area contributed by atoms with Crippen molar-refractivity contribution in [3.63, 3.8) is 0 Å². The predicted molar refractivity (Wildman–Crippen MR) is 75.6 cm³/mol. The lowest BCUT2D eigenvalue weighted by atomic mass is 10.1. The molecule has 0 heterocycles. The SMILES string of the molecule is CC(Cc1ccccc1)Nc1ccccc1CO. The summed E-state index contributed by atoms with van der Waals surface area (Å²) in [6.07, 6.45) is 0.973. The molecule has 18 heavy (non-hydrogen) atoms. The first-order valence-corrected chi connectivity index (χ1v) is 6.29. The van der Waals surface area contributed by atoms with Crippen LogP contribution in [-0.2, 0) is 13.0 Å². The van der Waals surface area contributed by atoms with Crippen LogP contribution < -0.4 is 5.32 Å². The maximum atomic E-state index is 9.28. The molecular formula is C16H19NO. The molecule has 2 nitrogen and oxygen atoms in total. The first-order chi connectivity index (χ1) is 8.79. The average Bonchev–Trinajstić information content (AvgIpc) is 2.40. The van der Waals surface area contributed by atoms with Crippen molar-refractivity contribution in [1.82, 2.24) is 0 Å². The highest BCUT2D eigenvalue weighted by Gasteiger charge is 2.06. The van der Waals surface area contributed by atoms with Crippen molar-refractivity contribution in [1.29, 1.82) is 0 Å². The highest BCUT2D eigenvalue weighted by atomic mass is 16.3. The zero-order valence-corrected chi connectivity index (χ0v) is 10.6. The minimum atomic E-state index is 0.0707. The van der Waals surface area contributed by atoms with E-state index >= 15 is 0 Å². The minimum Gasteiger partial charge on any atom is -0.392 e. The molecule has 0 saturated heterocycles. The van der Waals surface area contributed by atoms with Crippen LogP contribution in [0.15, 0.2) is 54.6 Å². The molecule has 2 N–H and O–H groups in total. The Labute approximate surface area is 108 Å². The lowest BCUT2D eigenvalue weighted by molar-refractivity contribution is 0.282. The van der Waals surface area contributed by atoms with Crippen LogP contribution in [-0.4, -0.2) is 11.1 Å². The normalized spacial score (nSPS) is 12.1. The van der Waals surface area contributed by atoms with Crippen LogP contribution in [0.5, 0.6) is 0 Å². The Kier molecular flexibility index (Phi) is 4.37. The molecule has 1 unspecified atom stereocenters. The van der Waals surface area contributed by atoms with Gasteiger partial charge in [-0.15, -0.1) is 0 Å². The number of para-hydroxylation sites is 1. The van der Waals surface area contributed by atoms with E-state index in [-0.39, 0.29) is 6.61 Å². The first-order valence-electron chi connectivity index (χ1n) is 6.29. The molecule has 94 valence electrons. The topological polar surface area (TPSA) is 32.3 Å². The van der Waals surface area contributed by atoms with Gasteiger partial charge in [-0.3, -0.25) is 0 Å². The minimum absolute atomic E-state index is 0.0707. The van der Waals surface area contributed by atoms with Gasteiger partial charge in [-0.05, 0) is 25.0 Å². The summed E-state index contributed by atoms with van der Waals surface area (Å²) in [5.74, 6) is 0. The van der Waals surface area contributed by atoms with Crippen molar-refractivity contribution >= 4 is 5.69 Å². The smallest absolute Gasteiger partial charge is 0.0701 e. The number of anilines is 1. The molecule has 2 aromatic rings. The van der Waals surface area contributed by atoms with Crippen molar-refractivity contribution in [2.45, 2.75) is 26.0 Å². The van der Waals surface area contributed by atoms with Gasteiger partial charge in [0.2, 0.25) is 0 Å². The molecular weight excluding hydrogens is 222 g/mol. The lowest BCUT2D eigenvalue weighted by Crippen LogP contribution is -2.19. The van der Waals surface area contributed by atoms with Crippen molar-refractivity contribution in [3.05, 3.63) is 65.7 Å². The number of hydrogen-bond acceptors (Lipinski definition) is 2. The van der Waals surface area contributed by atoms with Gasteiger partial charge in [-0.25, -0.2) is 0 Å².